The number of amides is 1. The Kier molecular flexibility index (Phi) is 6.64. The summed E-state index contributed by atoms with van der Waals surface area (Å²) in [6, 6.07) is 19.1. The zero-order valence-electron chi connectivity index (χ0n) is 15.2. The summed E-state index contributed by atoms with van der Waals surface area (Å²) in [6.07, 6.45) is 0.453. The summed E-state index contributed by atoms with van der Waals surface area (Å²) in [5, 5.41) is 2.91. The summed E-state index contributed by atoms with van der Waals surface area (Å²) in [7, 11) is -4.13. The molecule has 0 bridgehead atoms. The number of hydrogen-bond acceptors (Lipinski definition) is 3. The van der Waals surface area contributed by atoms with Crippen LogP contribution in [-0.4, -0.2) is 20.9 Å². The average molecular weight is 433 g/mol. The number of anilines is 1. The van der Waals surface area contributed by atoms with Crippen molar-refractivity contribution < 1.29 is 17.6 Å². The van der Waals surface area contributed by atoms with Crippen LogP contribution in [0.15, 0.2) is 77.7 Å². The molecular weight excluding hydrogens is 415 g/mol. The molecule has 3 rings (SSSR count). The third-order valence-corrected chi connectivity index (χ3v) is 5.96. The second-order valence-electron chi connectivity index (χ2n) is 6.21. The Hall–Kier alpha value is -2.74. The Morgan fingerprint density at radius 2 is 1.66 bits per heavy atom. The van der Waals surface area contributed by atoms with Crippen molar-refractivity contribution in [3.8, 4) is 0 Å². The Labute approximate surface area is 173 Å². The molecule has 5 nitrogen and oxygen atoms in total. The van der Waals surface area contributed by atoms with Crippen molar-refractivity contribution in [1.82, 2.24) is 4.72 Å². The van der Waals surface area contributed by atoms with Crippen LogP contribution in [0.25, 0.3) is 0 Å². The van der Waals surface area contributed by atoms with Crippen LogP contribution >= 0.6 is 11.6 Å². The van der Waals surface area contributed by atoms with E-state index in [-0.39, 0.29) is 12.1 Å². The number of sulfonamides is 1. The maximum atomic E-state index is 14.2. The summed E-state index contributed by atoms with van der Waals surface area (Å²) < 4.78 is 41.6. The number of para-hydroxylation sites is 1. The van der Waals surface area contributed by atoms with Crippen LogP contribution in [0.3, 0.4) is 0 Å². The number of carbonyl (C=O) groups excluding carboxylic acids is 1. The summed E-state index contributed by atoms with van der Waals surface area (Å²) in [5.74, 6) is -1.54. The van der Waals surface area contributed by atoms with Crippen LogP contribution in [0.2, 0.25) is 5.02 Å². The minimum Gasteiger partial charge on any atom is -0.321 e. The second-order valence-corrected chi connectivity index (χ2v) is 8.36. The molecule has 0 aliphatic carbocycles. The van der Waals surface area contributed by atoms with E-state index in [1.165, 1.54) is 6.07 Å². The summed E-state index contributed by atoms with van der Waals surface area (Å²) in [5.41, 5.74) is 1.31. The molecule has 1 amide bonds. The van der Waals surface area contributed by atoms with E-state index in [9.17, 15) is 17.6 Å². The fraction of sp³-hybridized carbons (Fsp3) is 0.0952. The molecule has 8 heteroatoms. The quantitative estimate of drug-likeness (QED) is 0.586. The van der Waals surface area contributed by atoms with Crippen LogP contribution in [0.5, 0.6) is 0 Å². The van der Waals surface area contributed by atoms with Gasteiger partial charge in [0, 0.05) is 12.1 Å². The number of nitrogens with one attached hydrogen (secondary N) is 2. The summed E-state index contributed by atoms with van der Waals surface area (Å²) >= 11 is 6.01. The molecule has 3 aromatic carbocycles. The number of benzene rings is 3. The molecule has 3 aromatic rings. The van der Waals surface area contributed by atoms with Crippen molar-refractivity contribution in [3.05, 3.63) is 94.8 Å². The highest BCUT2D eigenvalue weighted by Crippen LogP contribution is 2.22. The van der Waals surface area contributed by atoms with E-state index in [4.69, 9.17) is 11.6 Å². The molecular formula is C21H18ClFN2O3S. The molecule has 0 unspecified atom stereocenters. The molecule has 29 heavy (non-hydrogen) atoms. The normalized spacial score (nSPS) is 11.2. The van der Waals surface area contributed by atoms with Gasteiger partial charge in [0.25, 0.3) is 5.91 Å². The zero-order chi connectivity index (χ0) is 20.9. The second kappa shape index (κ2) is 9.17. The molecule has 0 atom stereocenters. The number of halogens is 2. The molecule has 150 valence electrons. The van der Waals surface area contributed by atoms with Crippen molar-refractivity contribution in [2.75, 3.05) is 11.9 Å². The minimum atomic E-state index is -4.13. The van der Waals surface area contributed by atoms with Gasteiger partial charge < -0.3 is 5.32 Å². The highest BCUT2D eigenvalue weighted by Gasteiger charge is 2.21. The molecule has 0 aromatic heterocycles. The first-order valence-corrected chi connectivity index (χ1v) is 10.6. The predicted octanol–water partition coefficient (Wildman–Crippen LogP) is 4.25. The maximum absolute atomic E-state index is 14.2. The third kappa shape index (κ3) is 5.41. The average Bonchev–Trinajstić information content (AvgIpc) is 2.70. The Morgan fingerprint density at radius 1 is 0.966 bits per heavy atom. The first-order valence-electron chi connectivity index (χ1n) is 8.76. The van der Waals surface area contributed by atoms with Gasteiger partial charge >= 0.3 is 0 Å². The van der Waals surface area contributed by atoms with Gasteiger partial charge in [-0.15, -0.1) is 0 Å². The maximum Gasteiger partial charge on any atom is 0.255 e. The van der Waals surface area contributed by atoms with Gasteiger partial charge in [0.15, 0.2) is 0 Å². The standard InChI is InChI=1S/C21H18ClFN2O3S/c22-17-8-4-5-9-19(17)25-21(26)16-10-11-18(23)20(14-16)29(27,28)24-13-12-15-6-2-1-3-7-15/h1-11,14,24H,12-13H2,(H,25,26). The topological polar surface area (TPSA) is 75.3 Å². The van der Waals surface area contributed by atoms with Gasteiger partial charge in [-0.05, 0) is 42.3 Å². The molecule has 0 fully saturated rings. The Morgan fingerprint density at radius 3 is 2.38 bits per heavy atom. The molecule has 0 aliphatic heterocycles. The van der Waals surface area contributed by atoms with Gasteiger partial charge in [-0.3, -0.25) is 4.79 Å². The number of carbonyl (C=O) groups is 1. The molecule has 0 saturated carbocycles. The third-order valence-electron chi connectivity index (χ3n) is 4.15. The van der Waals surface area contributed by atoms with Gasteiger partial charge in [-0.2, -0.15) is 0 Å². The molecule has 2 N–H and O–H groups in total. The van der Waals surface area contributed by atoms with Crippen molar-refractivity contribution in [1.29, 1.82) is 0 Å². The van der Waals surface area contributed by atoms with E-state index in [1.807, 2.05) is 30.3 Å². The number of rotatable bonds is 7. The smallest absolute Gasteiger partial charge is 0.255 e. The Balaban J connectivity index is 1.75. The van der Waals surface area contributed by atoms with Crippen LogP contribution in [0.4, 0.5) is 10.1 Å². The molecule has 0 radical (unpaired) electrons. The molecule has 0 heterocycles. The first-order chi connectivity index (χ1) is 13.9. The lowest BCUT2D eigenvalue weighted by molar-refractivity contribution is 0.102. The van der Waals surface area contributed by atoms with Gasteiger partial charge in [-0.25, -0.2) is 17.5 Å². The van der Waals surface area contributed by atoms with Gasteiger partial charge in [0.05, 0.1) is 10.7 Å². The lowest BCUT2D eigenvalue weighted by Crippen LogP contribution is -2.27. The van der Waals surface area contributed by atoms with E-state index < -0.39 is 26.6 Å². The molecule has 0 saturated heterocycles. The van der Waals surface area contributed by atoms with E-state index in [0.717, 1.165) is 17.7 Å². The van der Waals surface area contributed by atoms with Crippen LogP contribution in [0.1, 0.15) is 15.9 Å². The fourth-order valence-corrected chi connectivity index (χ4v) is 3.98. The van der Waals surface area contributed by atoms with E-state index in [2.05, 4.69) is 10.0 Å². The minimum absolute atomic E-state index is 0.00486. The van der Waals surface area contributed by atoms with Gasteiger partial charge in [0.1, 0.15) is 10.7 Å². The summed E-state index contributed by atoms with van der Waals surface area (Å²) in [4.78, 5) is 11.9. The largest absolute Gasteiger partial charge is 0.321 e. The van der Waals surface area contributed by atoms with Crippen molar-refractivity contribution in [2.24, 2.45) is 0 Å². The Bertz CT molecular complexity index is 1120. The number of hydrogen-bond donors (Lipinski definition) is 2. The van der Waals surface area contributed by atoms with Crippen LogP contribution in [0, 0.1) is 5.82 Å². The van der Waals surface area contributed by atoms with E-state index in [1.54, 1.807) is 24.3 Å². The van der Waals surface area contributed by atoms with Crippen molar-refractivity contribution in [2.45, 2.75) is 11.3 Å². The highest BCUT2D eigenvalue weighted by molar-refractivity contribution is 7.89. The van der Waals surface area contributed by atoms with E-state index in [0.29, 0.717) is 17.1 Å². The SMILES string of the molecule is O=C(Nc1ccccc1Cl)c1ccc(F)c(S(=O)(=O)NCCc2ccccc2)c1. The highest BCUT2D eigenvalue weighted by atomic mass is 35.5. The molecule has 0 spiro atoms. The van der Waals surface area contributed by atoms with Crippen LogP contribution in [-0.2, 0) is 16.4 Å². The summed E-state index contributed by atoms with van der Waals surface area (Å²) in [6.45, 7) is 0.0990. The first kappa shape index (κ1) is 21.0. The van der Waals surface area contributed by atoms with Gasteiger partial charge in [0.2, 0.25) is 10.0 Å². The van der Waals surface area contributed by atoms with Crippen LogP contribution < -0.4 is 10.0 Å². The predicted molar refractivity (Wildman–Crippen MR) is 111 cm³/mol. The fourth-order valence-electron chi connectivity index (χ4n) is 2.66. The zero-order valence-corrected chi connectivity index (χ0v) is 16.8. The molecule has 0 aliphatic rings. The van der Waals surface area contributed by atoms with Crippen molar-refractivity contribution >= 4 is 33.2 Å². The van der Waals surface area contributed by atoms with Gasteiger partial charge in [-0.1, -0.05) is 54.1 Å². The lowest BCUT2D eigenvalue weighted by Gasteiger charge is -2.11. The van der Waals surface area contributed by atoms with Crippen molar-refractivity contribution in [3.63, 3.8) is 0 Å². The monoisotopic (exact) mass is 432 g/mol. The lowest BCUT2D eigenvalue weighted by atomic mass is 10.2. The van der Waals surface area contributed by atoms with E-state index >= 15 is 0 Å².